The molecule has 0 radical (unpaired) electrons. The van der Waals surface area contributed by atoms with Gasteiger partial charge in [-0.3, -0.25) is 9.36 Å². The van der Waals surface area contributed by atoms with Crippen molar-refractivity contribution in [3.63, 3.8) is 0 Å². The Labute approximate surface area is 196 Å². The number of benzene rings is 1. The van der Waals surface area contributed by atoms with Crippen LogP contribution in [0.5, 0.6) is 5.75 Å². The van der Waals surface area contributed by atoms with Crippen molar-refractivity contribution in [2.45, 2.75) is 38.7 Å². The number of halogens is 2. The van der Waals surface area contributed by atoms with Crippen LogP contribution < -0.4 is 15.2 Å². The van der Waals surface area contributed by atoms with E-state index in [2.05, 4.69) is 21.8 Å². The van der Waals surface area contributed by atoms with E-state index in [1.807, 2.05) is 12.4 Å². The van der Waals surface area contributed by atoms with E-state index in [4.69, 9.17) is 21.6 Å². The van der Waals surface area contributed by atoms with Crippen LogP contribution in [0.2, 0.25) is 5.02 Å². The van der Waals surface area contributed by atoms with Gasteiger partial charge in [-0.2, -0.15) is 5.26 Å². The third kappa shape index (κ3) is 5.15. The molecule has 2 aromatic heterocycles. The van der Waals surface area contributed by atoms with Crippen LogP contribution in [0, 0.1) is 17.1 Å². The number of hydrogen-bond donors (Lipinski definition) is 0. The van der Waals surface area contributed by atoms with Crippen molar-refractivity contribution in [3.05, 3.63) is 75.2 Å². The van der Waals surface area contributed by atoms with Gasteiger partial charge in [0, 0.05) is 50.6 Å². The molecule has 0 saturated carbocycles. The Bertz CT molecular complexity index is 1230. The maximum atomic E-state index is 14.0. The Morgan fingerprint density at radius 1 is 1.24 bits per heavy atom. The summed E-state index contributed by atoms with van der Waals surface area (Å²) >= 11 is 6.37. The highest BCUT2D eigenvalue weighted by molar-refractivity contribution is 6.31. The lowest BCUT2D eigenvalue weighted by Gasteiger charge is -2.32. The summed E-state index contributed by atoms with van der Waals surface area (Å²) in [5.74, 6) is 0.309. The van der Waals surface area contributed by atoms with Crippen molar-refractivity contribution in [1.29, 1.82) is 5.26 Å². The molecule has 1 aliphatic heterocycles. The molecule has 0 N–H and O–H groups in total. The van der Waals surface area contributed by atoms with Crippen LogP contribution >= 0.6 is 11.6 Å². The van der Waals surface area contributed by atoms with Crippen molar-refractivity contribution in [3.8, 4) is 17.5 Å². The summed E-state index contributed by atoms with van der Waals surface area (Å²) in [4.78, 5) is 23.7. The van der Waals surface area contributed by atoms with Crippen molar-refractivity contribution < 1.29 is 9.13 Å². The second kappa shape index (κ2) is 10.0. The summed E-state index contributed by atoms with van der Waals surface area (Å²) in [6.45, 7) is 3.59. The monoisotopic (exact) mass is 467 g/mol. The van der Waals surface area contributed by atoms with Gasteiger partial charge < -0.3 is 9.64 Å². The molecule has 1 aliphatic rings. The number of anilines is 1. The van der Waals surface area contributed by atoms with E-state index < -0.39 is 11.4 Å². The second-order valence-corrected chi connectivity index (χ2v) is 8.32. The van der Waals surface area contributed by atoms with Gasteiger partial charge >= 0.3 is 0 Å². The molecule has 0 unspecified atom stereocenters. The third-order valence-corrected chi connectivity index (χ3v) is 5.85. The Hall–Kier alpha value is -3.44. The highest BCUT2D eigenvalue weighted by Gasteiger charge is 2.23. The number of aryl methyl sites for hydroxylation is 1. The molecule has 1 saturated heterocycles. The lowest BCUT2D eigenvalue weighted by molar-refractivity contribution is 0.170. The van der Waals surface area contributed by atoms with Crippen LogP contribution in [0.3, 0.4) is 0 Å². The minimum absolute atomic E-state index is 0.0912. The first-order valence-corrected chi connectivity index (χ1v) is 11.2. The minimum atomic E-state index is -0.700. The Morgan fingerprint density at radius 3 is 2.61 bits per heavy atom. The standard InChI is InChI=1S/C24H23ClFN5O2/c1-2-3-16-13-28-24(29-14-16)30-8-6-19(7-9-30)33-22-11-23(32)31(15-20(22)25)18-5-4-17(12-27)21(26)10-18/h4-5,10-11,13-15,19H,2-3,6-9H2,1H3. The second-order valence-electron chi connectivity index (χ2n) is 7.92. The van der Waals surface area contributed by atoms with Gasteiger partial charge in [0.05, 0.1) is 16.3 Å². The smallest absolute Gasteiger partial charge is 0.258 e. The van der Waals surface area contributed by atoms with E-state index in [-0.39, 0.29) is 22.4 Å². The Balaban J connectivity index is 1.42. The summed E-state index contributed by atoms with van der Waals surface area (Å²) in [5.41, 5.74) is 0.916. The molecule has 0 aliphatic carbocycles. The average molecular weight is 468 g/mol. The number of hydrogen-bond acceptors (Lipinski definition) is 6. The molecule has 7 nitrogen and oxygen atoms in total. The summed E-state index contributed by atoms with van der Waals surface area (Å²) in [6.07, 6.45) is 8.56. The quantitative estimate of drug-likeness (QED) is 0.537. The van der Waals surface area contributed by atoms with Crippen molar-refractivity contribution in [1.82, 2.24) is 14.5 Å². The van der Waals surface area contributed by atoms with E-state index in [1.54, 1.807) is 6.07 Å². The zero-order valence-corrected chi connectivity index (χ0v) is 18.9. The molecule has 0 bridgehead atoms. The molecule has 1 aromatic carbocycles. The first-order chi connectivity index (χ1) is 16.0. The van der Waals surface area contributed by atoms with Crippen LogP contribution in [0.4, 0.5) is 10.3 Å². The molecule has 0 spiro atoms. The predicted octanol–water partition coefficient (Wildman–Crippen LogP) is 4.29. The number of nitriles is 1. The van der Waals surface area contributed by atoms with Crippen LogP contribution in [-0.2, 0) is 6.42 Å². The van der Waals surface area contributed by atoms with Crippen molar-refractivity contribution in [2.75, 3.05) is 18.0 Å². The summed E-state index contributed by atoms with van der Waals surface area (Å²) < 4.78 is 21.2. The minimum Gasteiger partial charge on any atom is -0.488 e. The fraction of sp³-hybridized carbons (Fsp3) is 0.333. The molecule has 1 fully saturated rings. The van der Waals surface area contributed by atoms with Gasteiger partial charge in [-0.05, 0) is 30.2 Å². The zero-order chi connectivity index (χ0) is 23.4. The topological polar surface area (TPSA) is 84.0 Å². The molecule has 33 heavy (non-hydrogen) atoms. The van der Waals surface area contributed by atoms with E-state index >= 15 is 0 Å². The fourth-order valence-electron chi connectivity index (χ4n) is 3.81. The van der Waals surface area contributed by atoms with Gasteiger partial charge in [0.25, 0.3) is 5.56 Å². The van der Waals surface area contributed by atoms with Crippen LogP contribution in [0.25, 0.3) is 5.69 Å². The third-order valence-electron chi connectivity index (χ3n) is 5.57. The number of piperidine rings is 1. The largest absolute Gasteiger partial charge is 0.488 e. The summed E-state index contributed by atoms with van der Waals surface area (Å²) in [6, 6.07) is 7.01. The van der Waals surface area contributed by atoms with E-state index in [0.29, 0.717) is 11.7 Å². The van der Waals surface area contributed by atoms with Gasteiger partial charge in [0.1, 0.15) is 23.7 Å². The van der Waals surface area contributed by atoms with Gasteiger partial charge in [-0.25, -0.2) is 14.4 Å². The van der Waals surface area contributed by atoms with Crippen LogP contribution in [-0.4, -0.2) is 33.7 Å². The van der Waals surface area contributed by atoms with Crippen molar-refractivity contribution in [2.24, 2.45) is 0 Å². The predicted molar refractivity (Wildman–Crippen MR) is 124 cm³/mol. The van der Waals surface area contributed by atoms with Gasteiger partial charge in [0.2, 0.25) is 5.95 Å². The maximum Gasteiger partial charge on any atom is 0.258 e. The number of nitrogens with zero attached hydrogens (tertiary/aromatic N) is 5. The summed E-state index contributed by atoms with van der Waals surface area (Å²) in [7, 11) is 0. The maximum absolute atomic E-state index is 14.0. The Morgan fingerprint density at radius 2 is 1.97 bits per heavy atom. The zero-order valence-electron chi connectivity index (χ0n) is 18.2. The van der Waals surface area contributed by atoms with E-state index in [1.165, 1.54) is 29.0 Å². The first kappa shape index (κ1) is 22.7. The fourth-order valence-corrected chi connectivity index (χ4v) is 4.01. The summed E-state index contributed by atoms with van der Waals surface area (Å²) in [5, 5.41) is 9.12. The molecule has 3 aromatic rings. The molecule has 0 amide bonds. The SMILES string of the molecule is CCCc1cnc(N2CCC(Oc3cc(=O)n(-c4ccc(C#N)c(F)c4)cc3Cl)CC2)nc1. The highest BCUT2D eigenvalue weighted by Crippen LogP contribution is 2.27. The molecule has 9 heteroatoms. The van der Waals surface area contributed by atoms with Gasteiger partial charge in [-0.15, -0.1) is 0 Å². The number of ether oxygens (including phenoxy) is 1. The van der Waals surface area contributed by atoms with Crippen molar-refractivity contribution >= 4 is 17.5 Å². The number of pyridine rings is 1. The number of aromatic nitrogens is 3. The van der Waals surface area contributed by atoms with E-state index in [0.717, 1.165) is 50.4 Å². The van der Waals surface area contributed by atoms with Gasteiger partial charge in [0.15, 0.2) is 0 Å². The molecule has 170 valence electrons. The van der Waals surface area contributed by atoms with E-state index in [9.17, 15) is 9.18 Å². The average Bonchev–Trinajstić information content (AvgIpc) is 2.82. The van der Waals surface area contributed by atoms with Gasteiger partial charge in [-0.1, -0.05) is 24.9 Å². The Kier molecular flexibility index (Phi) is 6.90. The highest BCUT2D eigenvalue weighted by atomic mass is 35.5. The lowest BCUT2D eigenvalue weighted by Crippen LogP contribution is -2.39. The molecule has 0 atom stereocenters. The molecule has 4 rings (SSSR count). The first-order valence-electron chi connectivity index (χ1n) is 10.8. The van der Waals surface area contributed by atoms with Crippen LogP contribution in [0.15, 0.2) is 47.7 Å². The number of rotatable bonds is 6. The lowest BCUT2D eigenvalue weighted by atomic mass is 10.1. The normalized spacial score (nSPS) is 14.2. The molecule has 3 heterocycles. The molecular formula is C24H23ClFN5O2. The van der Waals surface area contributed by atoms with Crippen LogP contribution in [0.1, 0.15) is 37.3 Å². The molecular weight excluding hydrogens is 445 g/mol.